The number of likely N-dealkylation sites (N-methyl/N-ethyl adjacent to an activating group) is 1. The molecule has 2 saturated carbocycles. The molecule has 0 N–H and O–H groups in total. The Balaban J connectivity index is 1.75. The van der Waals surface area contributed by atoms with Crippen LogP contribution in [0, 0.1) is 22.7 Å². The standard InChI is InChI=1S/C22H40NO4/c1-16(2)10-13-26-20(25)15-23(6,7)12-9-19(24)27-18-14-17-8-11-22(18,5)21(17,3)4/h16-18H,8-15H2,1-7H3/q+1/t17-,18+,22+/m0/s1. The van der Waals surface area contributed by atoms with Gasteiger partial charge < -0.3 is 14.0 Å². The second-order valence-electron chi connectivity index (χ2n) is 10.6. The van der Waals surface area contributed by atoms with Crippen LogP contribution in [0.1, 0.15) is 66.7 Å². The van der Waals surface area contributed by atoms with Gasteiger partial charge in [0.1, 0.15) is 6.10 Å². The summed E-state index contributed by atoms with van der Waals surface area (Å²) in [7, 11) is 3.91. The molecule has 2 aliphatic rings. The van der Waals surface area contributed by atoms with Gasteiger partial charge in [-0.05, 0) is 42.9 Å². The number of hydrogen-bond donors (Lipinski definition) is 0. The Bertz CT molecular complexity index is 555. The van der Waals surface area contributed by atoms with Crippen molar-refractivity contribution in [3.05, 3.63) is 0 Å². The molecule has 2 bridgehead atoms. The van der Waals surface area contributed by atoms with Gasteiger partial charge in [0.25, 0.3) is 0 Å². The van der Waals surface area contributed by atoms with Crippen LogP contribution in [0.3, 0.4) is 0 Å². The summed E-state index contributed by atoms with van der Waals surface area (Å²) in [6.07, 6.45) is 4.64. The monoisotopic (exact) mass is 382 g/mol. The lowest BCUT2D eigenvalue weighted by molar-refractivity contribution is -0.882. The first-order chi connectivity index (χ1) is 12.4. The molecule has 0 aliphatic heterocycles. The molecule has 5 heteroatoms. The summed E-state index contributed by atoms with van der Waals surface area (Å²) >= 11 is 0. The van der Waals surface area contributed by atoms with Crippen molar-refractivity contribution in [3.63, 3.8) is 0 Å². The van der Waals surface area contributed by atoms with Gasteiger partial charge in [0.2, 0.25) is 0 Å². The summed E-state index contributed by atoms with van der Waals surface area (Å²) in [6.45, 7) is 12.5. The maximum absolute atomic E-state index is 12.5. The van der Waals surface area contributed by atoms with Crippen molar-refractivity contribution in [2.24, 2.45) is 22.7 Å². The van der Waals surface area contributed by atoms with E-state index in [-0.39, 0.29) is 35.4 Å². The van der Waals surface area contributed by atoms with Crippen LogP contribution < -0.4 is 0 Å². The van der Waals surface area contributed by atoms with Gasteiger partial charge in [-0.3, -0.25) is 4.79 Å². The third-order valence-corrected chi connectivity index (χ3v) is 7.42. The normalized spacial score (nSPS) is 29.2. The lowest BCUT2D eigenvalue weighted by Crippen LogP contribution is -2.46. The fourth-order valence-electron chi connectivity index (χ4n) is 4.80. The van der Waals surface area contributed by atoms with E-state index >= 15 is 0 Å². The zero-order chi connectivity index (χ0) is 20.5. The highest BCUT2D eigenvalue weighted by molar-refractivity contribution is 5.71. The van der Waals surface area contributed by atoms with Gasteiger partial charge in [-0.1, -0.05) is 34.6 Å². The van der Waals surface area contributed by atoms with Crippen LogP contribution in [0.25, 0.3) is 0 Å². The third kappa shape index (κ3) is 5.04. The second-order valence-corrected chi connectivity index (χ2v) is 10.6. The van der Waals surface area contributed by atoms with E-state index in [4.69, 9.17) is 9.47 Å². The van der Waals surface area contributed by atoms with Crippen molar-refractivity contribution in [2.75, 3.05) is 33.8 Å². The SMILES string of the molecule is CC(C)CCOC(=O)C[N+](C)(C)CCC(=O)O[C@@H]1C[C@@H]2CC[C@@]1(C)C2(C)C. The molecule has 0 radical (unpaired) electrons. The van der Waals surface area contributed by atoms with E-state index in [1.807, 2.05) is 14.1 Å². The number of rotatable bonds is 9. The number of quaternary nitrogens is 1. The van der Waals surface area contributed by atoms with Crippen molar-refractivity contribution < 1.29 is 23.5 Å². The van der Waals surface area contributed by atoms with Crippen LogP contribution in [0.5, 0.6) is 0 Å². The van der Waals surface area contributed by atoms with Crippen LogP contribution in [0.15, 0.2) is 0 Å². The van der Waals surface area contributed by atoms with Crippen molar-refractivity contribution in [2.45, 2.75) is 72.8 Å². The molecule has 0 saturated heterocycles. The molecule has 0 aromatic heterocycles. The summed E-state index contributed by atoms with van der Waals surface area (Å²) < 4.78 is 11.6. The smallest absolute Gasteiger partial charge is 0.361 e. The number of carbonyl (C=O) groups is 2. The molecular weight excluding hydrogens is 342 g/mol. The first-order valence-electron chi connectivity index (χ1n) is 10.5. The lowest BCUT2D eigenvalue weighted by Gasteiger charge is -2.38. The van der Waals surface area contributed by atoms with E-state index in [1.165, 1.54) is 6.42 Å². The van der Waals surface area contributed by atoms with Crippen LogP contribution in [0.4, 0.5) is 0 Å². The Hall–Kier alpha value is -1.10. The fourth-order valence-corrected chi connectivity index (χ4v) is 4.80. The molecule has 5 nitrogen and oxygen atoms in total. The van der Waals surface area contributed by atoms with Crippen molar-refractivity contribution in [1.82, 2.24) is 0 Å². The van der Waals surface area contributed by atoms with Crippen molar-refractivity contribution in [3.8, 4) is 0 Å². The topological polar surface area (TPSA) is 52.6 Å². The summed E-state index contributed by atoms with van der Waals surface area (Å²) in [5, 5.41) is 0. The molecule has 0 aromatic carbocycles. The maximum atomic E-state index is 12.5. The average Bonchev–Trinajstić information content (AvgIpc) is 2.85. The zero-order valence-corrected chi connectivity index (χ0v) is 18.5. The largest absolute Gasteiger partial charge is 0.462 e. The van der Waals surface area contributed by atoms with Crippen LogP contribution in [-0.4, -0.2) is 56.3 Å². The van der Waals surface area contributed by atoms with E-state index in [1.54, 1.807) is 0 Å². The fraction of sp³-hybridized carbons (Fsp3) is 0.909. The number of carbonyl (C=O) groups excluding carboxylic acids is 2. The minimum absolute atomic E-state index is 0.0374. The molecule has 0 amide bonds. The van der Waals surface area contributed by atoms with Crippen LogP contribution in [0.2, 0.25) is 0 Å². The number of fused-ring (bicyclic) bond motifs is 2. The predicted octanol–water partition coefficient (Wildman–Crippen LogP) is 3.80. The molecule has 27 heavy (non-hydrogen) atoms. The Morgan fingerprint density at radius 2 is 1.81 bits per heavy atom. The lowest BCUT2D eigenvalue weighted by atomic mass is 9.70. The molecule has 3 atom stereocenters. The third-order valence-electron chi connectivity index (χ3n) is 7.42. The number of ether oxygens (including phenoxy) is 2. The summed E-state index contributed by atoms with van der Waals surface area (Å²) in [6, 6.07) is 0. The Morgan fingerprint density at radius 1 is 1.15 bits per heavy atom. The zero-order valence-electron chi connectivity index (χ0n) is 18.5. The Morgan fingerprint density at radius 3 is 2.33 bits per heavy atom. The maximum Gasteiger partial charge on any atom is 0.361 e. The molecule has 0 heterocycles. The van der Waals surface area contributed by atoms with Gasteiger partial charge in [-0.2, -0.15) is 0 Å². The molecule has 2 rings (SSSR count). The Kier molecular flexibility index (Phi) is 6.66. The first-order valence-corrected chi connectivity index (χ1v) is 10.5. The molecule has 2 fully saturated rings. The summed E-state index contributed by atoms with van der Waals surface area (Å²) in [5.41, 5.74) is 0.338. The minimum Gasteiger partial charge on any atom is -0.462 e. The number of nitrogens with zero attached hydrogens (tertiary/aromatic N) is 1. The highest BCUT2D eigenvalue weighted by Crippen LogP contribution is 2.66. The van der Waals surface area contributed by atoms with Gasteiger partial charge in [-0.15, -0.1) is 0 Å². The van der Waals surface area contributed by atoms with Crippen LogP contribution in [-0.2, 0) is 19.1 Å². The van der Waals surface area contributed by atoms with E-state index in [0.717, 1.165) is 19.3 Å². The van der Waals surface area contributed by atoms with Crippen molar-refractivity contribution in [1.29, 1.82) is 0 Å². The van der Waals surface area contributed by atoms with Crippen LogP contribution >= 0.6 is 0 Å². The van der Waals surface area contributed by atoms with Gasteiger partial charge in [-0.25, -0.2) is 4.79 Å². The number of hydrogen-bond acceptors (Lipinski definition) is 4. The van der Waals surface area contributed by atoms with Gasteiger partial charge in [0.05, 0.1) is 33.7 Å². The van der Waals surface area contributed by atoms with Gasteiger partial charge in [0.15, 0.2) is 6.54 Å². The molecular formula is C22H40NO4+. The highest BCUT2D eigenvalue weighted by atomic mass is 16.5. The average molecular weight is 383 g/mol. The summed E-state index contributed by atoms with van der Waals surface area (Å²) in [5.74, 6) is 0.848. The molecule has 0 spiro atoms. The predicted molar refractivity (Wildman–Crippen MR) is 106 cm³/mol. The van der Waals surface area contributed by atoms with E-state index in [9.17, 15) is 9.59 Å². The minimum atomic E-state index is -0.198. The van der Waals surface area contributed by atoms with Gasteiger partial charge >= 0.3 is 11.9 Å². The summed E-state index contributed by atoms with van der Waals surface area (Å²) in [4.78, 5) is 24.5. The first kappa shape index (κ1) is 22.2. The molecule has 2 aliphatic carbocycles. The highest BCUT2D eigenvalue weighted by Gasteiger charge is 2.62. The van der Waals surface area contributed by atoms with E-state index in [0.29, 0.717) is 35.9 Å². The molecule has 156 valence electrons. The second kappa shape index (κ2) is 8.10. The van der Waals surface area contributed by atoms with Gasteiger partial charge in [0, 0.05) is 5.41 Å². The number of esters is 2. The quantitative estimate of drug-likeness (QED) is 0.450. The van der Waals surface area contributed by atoms with Crippen molar-refractivity contribution >= 4 is 11.9 Å². The van der Waals surface area contributed by atoms with E-state index < -0.39 is 0 Å². The Labute approximate surface area is 165 Å². The molecule has 0 unspecified atom stereocenters. The van der Waals surface area contributed by atoms with E-state index in [2.05, 4.69) is 34.6 Å². The molecule has 0 aromatic rings.